The van der Waals surface area contributed by atoms with Crippen LogP contribution in [-0.2, 0) is 22.7 Å². The summed E-state index contributed by atoms with van der Waals surface area (Å²) in [7, 11) is -10.5. The van der Waals surface area contributed by atoms with Crippen LogP contribution < -0.4 is 11.2 Å². The fourth-order valence-corrected chi connectivity index (χ4v) is 3.65. The summed E-state index contributed by atoms with van der Waals surface area (Å²) >= 11 is 0. The van der Waals surface area contributed by atoms with Gasteiger partial charge in [-0.2, -0.15) is 4.31 Å². The second kappa shape index (κ2) is 15.8. The summed E-state index contributed by atoms with van der Waals surface area (Å²) in [5, 5.41) is 19.8. The molecule has 1 aromatic rings. The number of ether oxygens (including phenoxy) is 1. The second-order valence-electron chi connectivity index (χ2n) is 4.90. The number of hydrogen-bond donors (Lipinski definition) is 6. The van der Waals surface area contributed by atoms with Crippen LogP contribution in [0.5, 0.6) is 0 Å². The Bertz CT molecular complexity index is 842. The van der Waals surface area contributed by atoms with Crippen molar-refractivity contribution in [3.8, 4) is 0 Å². The van der Waals surface area contributed by atoms with Crippen molar-refractivity contribution in [2.75, 3.05) is 6.61 Å². The molecule has 0 saturated carbocycles. The molecule has 30 heavy (non-hydrogen) atoms. The van der Waals surface area contributed by atoms with Crippen LogP contribution in [0.25, 0.3) is 0 Å². The molecule has 2 rings (SSSR count). The molecule has 1 aromatic heterocycles. The predicted molar refractivity (Wildman–Crippen MR) is 98.5 cm³/mol. The van der Waals surface area contributed by atoms with E-state index >= 15 is 0 Å². The summed E-state index contributed by atoms with van der Waals surface area (Å²) in [6, 6.07) is 0.962. The average Bonchev–Trinajstić information content (AvgIpc) is 2.71. The number of nitrogens with one attached hydrogen (secondary N) is 1. The zero-order valence-electron chi connectivity index (χ0n) is 15.6. The van der Waals surface area contributed by atoms with E-state index in [0.717, 1.165) is 16.8 Å². The number of hydrogen-bond acceptors (Lipinski definition) is 9. The van der Waals surface area contributed by atoms with Crippen LogP contribution in [0.3, 0.4) is 0 Å². The van der Waals surface area contributed by atoms with Crippen molar-refractivity contribution < 1.29 is 64.0 Å². The van der Waals surface area contributed by atoms with Crippen LogP contribution in [0.4, 0.5) is 0 Å². The molecule has 0 amide bonds. The first-order chi connectivity index (χ1) is 11.4. The molecule has 0 spiro atoms. The summed E-state index contributed by atoms with van der Waals surface area (Å²) in [4.78, 5) is 50.7. The Balaban J connectivity index is -0.000000676. The van der Waals surface area contributed by atoms with E-state index in [1.165, 1.54) is 0 Å². The topological polar surface area (TPSA) is 312 Å². The summed E-state index contributed by atoms with van der Waals surface area (Å²) in [5.74, 6) is 0. The molecule has 168 valence electrons. The Morgan fingerprint density at radius 2 is 1.60 bits per heavy atom. The van der Waals surface area contributed by atoms with Gasteiger partial charge in [0, 0.05) is 115 Å². The molecular formula is C9H20K2N2O15P2. The fourth-order valence-electron chi connectivity index (χ4n) is 2.05. The van der Waals surface area contributed by atoms with Crippen molar-refractivity contribution in [1.29, 1.82) is 0 Å². The fraction of sp³-hybridized carbons (Fsp3) is 0.556. The van der Waals surface area contributed by atoms with Gasteiger partial charge in [0.1, 0.15) is 18.3 Å². The number of aliphatic hydroxyl groups excluding tert-OH is 2. The molecule has 17 nitrogen and oxygen atoms in total. The molecule has 1 fully saturated rings. The molecule has 1 saturated heterocycles. The molecule has 0 aromatic carbocycles. The molecule has 1 aliphatic heterocycles. The molecule has 12 N–H and O–H groups in total. The average molecular weight is 536 g/mol. The standard InChI is InChI=1S/C9H14N2O12P2.2K.3H2O/c12-5-1-2-11(9(15)10-5)8-7(14)6(13)4(22-8)3-21-25(19,20)23-24(16,17)18;;;;;/h1-2,4,6-8,13-14H,3H2,(H,19,20)(H,10,12,15)(H2,16,17,18);;;3*1H2/t4-,6-,7-,8-;;;;;/m1...../s1. The van der Waals surface area contributed by atoms with Gasteiger partial charge in [0.2, 0.25) is 0 Å². The molecule has 5 atom stereocenters. The summed E-state index contributed by atoms with van der Waals surface area (Å²) in [6.07, 6.45) is -5.25. The molecule has 2 heterocycles. The monoisotopic (exact) mass is 536 g/mol. The van der Waals surface area contributed by atoms with E-state index in [0.29, 0.717) is 0 Å². The van der Waals surface area contributed by atoms with Gasteiger partial charge in [-0.15, -0.1) is 0 Å². The largest absolute Gasteiger partial charge is 0.481 e. The zero-order chi connectivity index (χ0) is 19.0. The van der Waals surface area contributed by atoms with E-state index < -0.39 is 58.0 Å². The first-order valence-corrected chi connectivity index (χ1v) is 9.49. The van der Waals surface area contributed by atoms with Gasteiger partial charge in [0.05, 0.1) is 6.61 Å². The minimum absolute atomic E-state index is 0. The van der Waals surface area contributed by atoms with Crippen LogP contribution in [-0.4, -0.2) is 179 Å². The number of phosphoric ester groups is 1. The number of H-pyrrole nitrogens is 1. The quantitative estimate of drug-likeness (QED) is 0.146. The number of nitrogens with zero attached hydrogens (tertiary/aromatic N) is 1. The molecule has 1 aliphatic rings. The number of phosphoric acid groups is 2. The smallest absolute Gasteiger partial charge is 0.412 e. The maximum atomic E-state index is 11.7. The third-order valence-corrected chi connectivity index (χ3v) is 5.23. The number of aliphatic hydroxyl groups is 2. The van der Waals surface area contributed by atoms with E-state index in [-0.39, 0.29) is 119 Å². The van der Waals surface area contributed by atoms with Gasteiger partial charge in [-0.1, -0.05) is 0 Å². The van der Waals surface area contributed by atoms with Crippen molar-refractivity contribution in [2.45, 2.75) is 24.5 Å². The van der Waals surface area contributed by atoms with Gasteiger partial charge in [-0.25, -0.2) is 13.9 Å². The van der Waals surface area contributed by atoms with Gasteiger partial charge in [0.15, 0.2) is 6.23 Å². The van der Waals surface area contributed by atoms with Crippen molar-refractivity contribution in [1.82, 2.24) is 9.55 Å². The van der Waals surface area contributed by atoms with Crippen molar-refractivity contribution >= 4 is 118 Å². The van der Waals surface area contributed by atoms with E-state index in [2.05, 4.69) is 8.83 Å². The van der Waals surface area contributed by atoms with Gasteiger partial charge < -0.3 is 46.1 Å². The number of aromatic nitrogens is 2. The first kappa shape index (κ1) is 39.2. The van der Waals surface area contributed by atoms with Crippen molar-refractivity contribution in [3.63, 3.8) is 0 Å². The Labute approximate surface area is 252 Å². The predicted octanol–water partition coefficient (Wildman–Crippen LogP) is -5.85. The van der Waals surface area contributed by atoms with Crippen LogP contribution >= 0.6 is 15.6 Å². The van der Waals surface area contributed by atoms with Crippen LogP contribution in [0.1, 0.15) is 6.23 Å². The third-order valence-electron chi connectivity index (χ3n) is 3.07. The van der Waals surface area contributed by atoms with Crippen LogP contribution in [0.2, 0.25) is 0 Å². The molecule has 0 bridgehead atoms. The maximum Gasteiger partial charge on any atom is 0.481 e. The second-order valence-corrected chi connectivity index (χ2v) is 7.73. The van der Waals surface area contributed by atoms with Gasteiger partial charge in [-0.3, -0.25) is 18.9 Å². The molecule has 21 heteroatoms. The van der Waals surface area contributed by atoms with E-state index in [1.807, 2.05) is 4.98 Å². The maximum absolute atomic E-state index is 11.7. The van der Waals surface area contributed by atoms with Gasteiger partial charge in [0.25, 0.3) is 5.56 Å². The minimum Gasteiger partial charge on any atom is -0.412 e. The Morgan fingerprint density at radius 3 is 2.07 bits per heavy atom. The molecule has 2 radical (unpaired) electrons. The number of aromatic amines is 1. The van der Waals surface area contributed by atoms with Crippen molar-refractivity contribution in [2.24, 2.45) is 0 Å². The summed E-state index contributed by atoms with van der Waals surface area (Å²) in [6.45, 7) is -0.902. The summed E-state index contributed by atoms with van der Waals surface area (Å²) in [5.41, 5.74) is -1.65. The zero-order valence-corrected chi connectivity index (χ0v) is 23.6. The van der Waals surface area contributed by atoms with E-state index in [9.17, 15) is 28.9 Å². The minimum atomic E-state index is -5.32. The Hall–Kier alpha value is 1.97. The molecule has 1 unspecified atom stereocenters. The Morgan fingerprint density at radius 1 is 1.07 bits per heavy atom. The molecular weight excluding hydrogens is 516 g/mol. The third kappa shape index (κ3) is 11.4. The SMILES string of the molecule is O.O.O.O=c1ccn([C@@H]2O[C@H](COP(=O)(O)OP(=O)(O)O)[C@@H](O)[C@H]2O)c(=O)[nH]1.[K].[K]. The normalized spacial score (nSPS) is 24.6. The van der Waals surface area contributed by atoms with Gasteiger partial charge in [-0.05, 0) is 0 Å². The van der Waals surface area contributed by atoms with Crippen LogP contribution in [0, 0.1) is 0 Å². The molecule has 0 aliphatic carbocycles. The van der Waals surface area contributed by atoms with Crippen molar-refractivity contribution in [3.05, 3.63) is 33.1 Å². The summed E-state index contributed by atoms with van der Waals surface area (Å²) < 4.78 is 35.6. The number of rotatable bonds is 6. The van der Waals surface area contributed by atoms with Crippen LogP contribution in [0.15, 0.2) is 21.9 Å². The first-order valence-electron chi connectivity index (χ1n) is 6.47. The van der Waals surface area contributed by atoms with E-state index in [1.54, 1.807) is 0 Å². The van der Waals surface area contributed by atoms with Gasteiger partial charge >= 0.3 is 21.3 Å². The Kier molecular flexibility index (Phi) is 20.6. The van der Waals surface area contributed by atoms with E-state index in [4.69, 9.17) is 19.4 Å².